The standard InChI is InChI=1S/C6H5N2O/c1-5-2-3-7-6(4-9)8-5/h2-3H,1H3. The van der Waals surface area contributed by atoms with Crippen LogP contribution in [0.15, 0.2) is 12.3 Å². The summed E-state index contributed by atoms with van der Waals surface area (Å²) in [5.74, 6) is 0.120. The molecule has 1 radical (unpaired) electrons. The lowest BCUT2D eigenvalue weighted by atomic mass is 10.4. The Morgan fingerprint density at radius 3 is 2.89 bits per heavy atom. The second-order valence-corrected chi connectivity index (χ2v) is 1.62. The van der Waals surface area contributed by atoms with Gasteiger partial charge in [-0.3, -0.25) is 4.79 Å². The van der Waals surface area contributed by atoms with Gasteiger partial charge in [0.15, 0.2) is 0 Å². The lowest BCUT2D eigenvalue weighted by Crippen LogP contribution is -1.92. The number of hydrogen-bond acceptors (Lipinski definition) is 3. The van der Waals surface area contributed by atoms with Crippen LogP contribution in [0, 0.1) is 6.92 Å². The highest BCUT2D eigenvalue weighted by Crippen LogP contribution is 1.88. The molecule has 0 saturated carbocycles. The number of aryl methyl sites for hydroxylation is 1. The minimum atomic E-state index is 0.120. The number of aromatic nitrogens is 2. The van der Waals surface area contributed by atoms with Crippen LogP contribution in [0.5, 0.6) is 0 Å². The van der Waals surface area contributed by atoms with Crippen molar-refractivity contribution in [3.05, 3.63) is 23.8 Å². The van der Waals surface area contributed by atoms with Crippen LogP contribution in [0.25, 0.3) is 0 Å². The molecule has 45 valence electrons. The molecule has 0 aliphatic carbocycles. The molecule has 0 spiro atoms. The van der Waals surface area contributed by atoms with E-state index < -0.39 is 0 Å². The van der Waals surface area contributed by atoms with E-state index in [1.807, 2.05) is 0 Å². The number of hydrogen-bond donors (Lipinski definition) is 0. The number of carbonyl (C=O) groups excluding carboxylic acids is 1. The van der Waals surface area contributed by atoms with Crippen LogP contribution in [0.1, 0.15) is 11.5 Å². The number of rotatable bonds is 1. The summed E-state index contributed by atoms with van der Waals surface area (Å²) < 4.78 is 0. The summed E-state index contributed by atoms with van der Waals surface area (Å²) in [5.41, 5.74) is 0.781. The van der Waals surface area contributed by atoms with Crippen LogP contribution < -0.4 is 0 Å². The van der Waals surface area contributed by atoms with Gasteiger partial charge < -0.3 is 0 Å². The third-order valence-corrected chi connectivity index (χ3v) is 0.886. The van der Waals surface area contributed by atoms with Gasteiger partial charge in [0.25, 0.3) is 6.29 Å². The molecular formula is C6H5N2O. The molecule has 3 nitrogen and oxygen atoms in total. The molecular weight excluding hydrogens is 116 g/mol. The Labute approximate surface area is 52.8 Å². The van der Waals surface area contributed by atoms with Gasteiger partial charge in [-0.25, -0.2) is 9.97 Å². The van der Waals surface area contributed by atoms with Crippen molar-refractivity contribution >= 4 is 6.29 Å². The lowest BCUT2D eigenvalue weighted by Gasteiger charge is -1.87. The minimum absolute atomic E-state index is 0.120. The zero-order valence-corrected chi connectivity index (χ0v) is 4.96. The van der Waals surface area contributed by atoms with E-state index in [1.54, 1.807) is 19.3 Å². The quantitative estimate of drug-likeness (QED) is 0.534. The van der Waals surface area contributed by atoms with Crippen LogP contribution in [0.2, 0.25) is 0 Å². The maximum absolute atomic E-state index is 9.91. The van der Waals surface area contributed by atoms with Gasteiger partial charge in [-0.2, -0.15) is 0 Å². The summed E-state index contributed by atoms with van der Waals surface area (Å²) in [4.78, 5) is 17.3. The average molecular weight is 121 g/mol. The molecule has 1 aromatic heterocycles. The van der Waals surface area contributed by atoms with Crippen LogP contribution in [-0.2, 0) is 4.79 Å². The average Bonchev–Trinajstić information content (AvgIpc) is 1.88. The maximum Gasteiger partial charge on any atom is 0.274 e. The van der Waals surface area contributed by atoms with E-state index in [2.05, 4.69) is 9.97 Å². The van der Waals surface area contributed by atoms with Gasteiger partial charge in [0.05, 0.1) is 0 Å². The summed E-state index contributed by atoms with van der Waals surface area (Å²) in [6.07, 6.45) is 3.13. The Balaban J connectivity index is 3.07. The van der Waals surface area contributed by atoms with Gasteiger partial charge in [-0.1, -0.05) is 0 Å². The van der Waals surface area contributed by atoms with Crippen molar-refractivity contribution in [1.29, 1.82) is 0 Å². The van der Waals surface area contributed by atoms with Crippen molar-refractivity contribution in [3.8, 4) is 0 Å². The van der Waals surface area contributed by atoms with Gasteiger partial charge in [-0.05, 0) is 13.0 Å². The summed E-state index contributed by atoms with van der Waals surface area (Å²) in [6, 6.07) is 1.72. The van der Waals surface area contributed by atoms with Crippen LogP contribution in [-0.4, -0.2) is 16.3 Å². The molecule has 0 amide bonds. The Hall–Kier alpha value is -1.25. The smallest absolute Gasteiger partial charge is 0.274 e. The molecule has 1 heterocycles. The normalized spacial score (nSPS) is 9.00. The van der Waals surface area contributed by atoms with Crippen LogP contribution in [0.4, 0.5) is 0 Å². The molecule has 0 fully saturated rings. The summed E-state index contributed by atoms with van der Waals surface area (Å²) in [7, 11) is 0. The maximum atomic E-state index is 9.91. The fourth-order valence-electron chi connectivity index (χ4n) is 0.498. The predicted molar refractivity (Wildman–Crippen MR) is 31.6 cm³/mol. The molecule has 0 atom stereocenters. The molecule has 0 unspecified atom stereocenters. The summed E-state index contributed by atoms with van der Waals surface area (Å²) in [5, 5.41) is 0. The monoisotopic (exact) mass is 121 g/mol. The Morgan fingerprint density at radius 2 is 2.44 bits per heavy atom. The van der Waals surface area contributed by atoms with Gasteiger partial charge in [0.2, 0.25) is 5.82 Å². The summed E-state index contributed by atoms with van der Waals surface area (Å²) >= 11 is 0. The molecule has 1 rings (SSSR count). The highest BCUT2D eigenvalue weighted by atomic mass is 16.1. The Kier molecular flexibility index (Phi) is 1.53. The lowest BCUT2D eigenvalue weighted by molar-refractivity contribution is 0.559. The van der Waals surface area contributed by atoms with Crippen LogP contribution >= 0.6 is 0 Å². The SMILES string of the molecule is Cc1ccnc([C]=O)n1. The fourth-order valence-corrected chi connectivity index (χ4v) is 0.498. The molecule has 0 N–H and O–H groups in total. The van der Waals surface area contributed by atoms with Crippen molar-refractivity contribution in [2.75, 3.05) is 0 Å². The van der Waals surface area contributed by atoms with Gasteiger partial charge in [0.1, 0.15) is 0 Å². The van der Waals surface area contributed by atoms with Gasteiger partial charge in [0, 0.05) is 11.9 Å². The first kappa shape index (κ1) is 5.88. The minimum Gasteiger partial charge on any atom is -0.281 e. The van der Waals surface area contributed by atoms with E-state index in [0.717, 1.165) is 5.69 Å². The molecule has 0 aliphatic heterocycles. The molecule has 0 bridgehead atoms. The molecule has 0 aliphatic rings. The topological polar surface area (TPSA) is 42.9 Å². The van der Waals surface area contributed by atoms with Crippen molar-refractivity contribution in [2.45, 2.75) is 6.92 Å². The van der Waals surface area contributed by atoms with Crippen molar-refractivity contribution in [2.24, 2.45) is 0 Å². The van der Waals surface area contributed by atoms with Crippen molar-refractivity contribution < 1.29 is 4.79 Å². The highest BCUT2D eigenvalue weighted by molar-refractivity contribution is 5.68. The second-order valence-electron chi connectivity index (χ2n) is 1.62. The predicted octanol–water partition coefficient (Wildman–Crippen LogP) is 0.243. The van der Waals surface area contributed by atoms with E-state index in [1.165, 1.54) is 6.20 Å². The zero-order valence-electron chi connectivity index (χ0n) is 4.96. The van der Waals surface area contributed by atoms with E-state index >= 15 is 0 Å². The van der Waals surface area contributed by atoms with Crippen molar-refractivity contribution in [1.82, 2.24) is 9.97 Å². The van der Waals surface area contributed by atoms with E-state index in [4.69, 9.17) is 0 Å². The van der Waals surface area contributed by atoms with Gasteiger partial charge in [-0.15, -0.1) is 0 Å². The van der Waals surface area contributed by atoms with Crippen molar-refractivity contribution in [3.63, 3.8) is 0 Å². The fraction of sp³-hybridized carbons (Fsp3) is 0.167. The zero-order chi connectivity index (χ0) is 6.69. The third-order valence-electron chi connectivity index (χ3n) is 0.886. The third kappa shape index (κ3) is 1.32. The first-order valence-corrected chi connectivity index (χ1v) is 2.51. The molecule has 1 aromatic rings. The largest absolute Gasteiger partial charge is 0.281 e. The highest BCUT2D eigenvalue weighted by Gasteiger charge is 1.91. The van der Waals surface area contributed by atoms with Crippen LogP contribution in [0.3, 0.4) is 0 Å². The molecule has 9 heavy (non-hydrogen) atoms. The second kappa shape index (κ2) is 2.35. The molecule has 0 aromatic carbocycles. The van der Waals surface area contributed by atoms with E-state index in [0.29, 0.717) is 0 Å². The number of nitrogens with zero attached hydrogens (tertiary/aromatic N) is 2. The Bertz CT molecular complexity index is 222. The molecule has 0 saturated heterocycles. The van der Waals surface area contributed by atoms with E-state index in [-0.39, 0.29) is 5.82 Å². The first-order valence-electron chi connectivity index (χ1n) is 2.51. The first-order chi connectivity index (χ1) is 4.33. The summed E-state index contributed by atoms with van der Waals surface area (Å²) in [6.45, 7) is 1.79. The van der Waals surface area contributed by atoms with Gasteiger partial charge >= 0.3 is 0 Å². The molecule has 3 heteroatoms. The Morgan fingerprint density at radius 1 is 1.67 bits per heavy atom. The van der Waals surface area contributed by atoms with E-state index in [9.17, 15) is 4.79 Å².